The van der Waals surface area contributed by atoms with Crippen molar-refractivity contribution in [3.8, 4) is 0 Å². The molecule has 3 N–H and O–H groups in total. The number of benzene rings is 1. The highest BCUT2D eigenvalue weighted by atomic mass is 16.1. The van der Waals surface area contributed by atoms with Gasteiger partial charge in [-0.2, -0.15) is 0 Å². The lowest BCUT2D eigenvalue weighted by molar-refractivity contribution is -0.119. The normalized spacial score (nSPS) is 16.9. The summed E-state index contributed by atoms with van der Waals surface area (Å²) in [7, 11) is 0. The van der Waals surface area contributed by atoms with Gasteiger partial charge in [0.15, 0.2) is 0 Å². The Kier molecular flexibility index (Phi) is 2.97. The van der Waals surface area contributed by atoms with E-state index >= 15 is 0 Å². The Hall–Kier alpha value is -1.35. The largest absolute Gasteiger partial charge is 0.354 e. The van der Waals surface area contributed by atoms with Gasteiger partial charge in [-0.05, 0) is 30.9 Å². The lowest BCUT2D eigenvalue weighted by Gasteiger charge is -2.18. The van der Waals surface area contributed by atoms with Crippen molar-refractivity contribution in [2.45, 2.75) is 25.2 Å². The molecule has 0 saturated heterocycles. The van der Waals surface area contributed by atoms with Gasteiger partial charge >= 0.3 is 0 Å². The van der Waals surface area contributed by atoms with Crippen molar-refractivity contribution >= 4 is 5.91 Å². The number of amides is 1. The van der Waals surface area contributed by atoms with Crippen LogP contribution >= 0.6 is 0 Å². The number of nitrogens with one attached hydrogen (secondary N) is 1. The minimum absolute atomic E-state index is 0.0696. The molecule has 2 rings (SSSR count). The van der Waals surface area contributed by atoms with Crippen molar-refractivity contribution < 1.29 is 4.79 Å². The van der Waals surface area contributed by atoms with Gasteiger partial charge in [0.25, 0.3) is 0 Å². The van der Waals surface area contributed by atoms with Crippen molar-refractivity contribution in [3.63, 3.8) is 0 Å². The smallest absolute Gasteiger partial charge is 0.233 e. The van der Waals surface area contributed by atoms with Crippen LogP contribution in [0, 0.1) is 6.92 Å². The lowest BCUT2D eigenvalue weighted by Crippen LogP contribution is -2.36. The highest BCUT2D eigenvalue weighted by Gasteiger charge is 2.44. The van der Waals surface area contributed by atoms with Gasteiger partial charge in [0.2, 0.25) is 5.91 Å². The third-order valence-corrected chi connectivity index (χ3v) is 3.38. The van der Waals surface area contributed by atoms with Crippen molar-refractivity contribution in [2.24, 2.45) is 5.73 Å². The third-order valence-electron chi connectivity index (χ3n) is 3.38. The summed E-state index contributed by atoms with van der Waals surface area (Å²) >= 11 is 0. The fourth-order valence-corrected chi connectivity index (χ4v) is 2.20. The SMILES string of the molecule is Cc1ccccc1C1(CNC(=O)CN)CC1. The van der Waals surface area contributed by atoms with E-state index in [1.54, 1.807) is 0 Å². The first-order valence-corrected chi connectivity index (χ1v) is 5.71. The van der Waals surface area contributed by atoms with Crippen LogP contribution in [-0.4, -0.2) is 19.0 Å². The molecular weight excluding hydrogens is 200 g/mol. The summed E-state index contributed by atoms with van der Waals surface area (Å²) in [6, 6.07) is 8.40. The van der Waals surface area contributed by atoms with Crippen LogP contribution in [-0.2, 0) is 10.2 Å². The molecule has 1 aromatic rings. The maximum Gasteiger partial charge on any atom is 0.233 e. The molecule has 0 heterocycles. The van der Waals surface area contributed by atoms with Crippen LogP contribution in [0.1, 0.15) is 24.0 Å². The van der Waals surface area contributed by atoms with E-state index in [2.05, 4.69) is 30.4 Å². The van der Waals surface area contributed by atoms with Crippen LogP contribution in [0.3, 0.4) is 0 Å². The number of rotatable bonds is 4. The van der Waals surface area contributed by atoms with E-state index in [0.29, 0.717) is 6.54 Å². The van der Waals surface area contributed by atoms with Gasteiger partial charge in [-0.1, -0.05) is 24.3 Å². The Morgan fingerprint density at radius 1 is 1.44 bits per heavy atom. The molecule has 1 aliphatic rings. The van der Waals surface area contributed by atoms with Crippen molar-refractivity contribution in [1.29, 1.82) is 0 Å². The van der Waals surface area contributed by atoms with E-state index in [0.717, 1.165) is 12.8 Å². The molecule has 86 valence electrons. The number of carbonyl (C=O) groups excluding carboxylic acids is 1. The molecule has 0 bridgehead atoms. The Balaban J connectivity index is 2.09. The Labute approximate surface area is 96.0 Å². The van der Waals surface area contributed by atoms with Crippen molar-refractivity contribution in [3.05, 3.63) is 35.4 Å². The van der Waals surface area contributed by atoms with Gasteiger partial charge in [0, 0.05) is 12.0 Å². The Morgan fingerprint density at radius 2 is 2.12 bits per heavy atom. The minimum atomic E-state index is -0.0696. The Bertz CT molecular complexity index is 397. The second-order valence-electron chi connectivity index (χ2n) is 4.58. The highest BCUT2D eigenvalue weighted by molar-refractivity contribution is 5.77. The van der Waals surface area contributed by atoms with Gasteiger partial charge in [-0.25, -0.2) is 0 Å². The van der Waals surface area contributed by atoms with E-state index in [1.165, 1.54) is 11.1 Å². The van der Waals surface area contributed by atoms with Gasteiger partial charge in [0.05, 0.1) is 6.54 Å². The summed E-state index contributed by atoms with van der Waals surface area (Å²) in [6.45, 7) is 2.91. The van der Waals surface area contributed by atoms with Gasteiger partial charge in [0.1, 0.15) is 0 Å². The molecule has 1 amide bonds. The molecule has 0 aromatic heterocycles. The standard InChI is InChI=1S/C13H18N2O/c1-10-4-2-3-5-11(10)13(6-7-13)9-15-12(16)8-14/h2-5H,6-9,14H2,1H3,(H,15,16). The van der Waals surface area contributed by atoms with Crippen LogP contribution in [0.4, 0.5) is 0 Å². The second-order valence-corrected chi connectivity index (χ2v) is 4.58. The molecule has 16 heavy (non-hydrogen) atoms. The molecule has 3 nitrogen and oxygen atoms in total. The van der Waals surface area contributed by atoms with Gasteiger partial charge in [-0.3, -0.25) is 4.79 Å². The molecule has 0 spiro atoms. The molecule has 0 aliphatic heterocycles. The van der Waals surface area contributed by atoms with Crippen LogP contribution < -0.4 is 11.1 Å². The van der Waals surface area contributed by atoms with Crippen LogP contribution in [0.2, 0.25) is 0 Å². The molecule has 0 radical (unpaired) electrons. The summed E-state index contributed by atoms with van der Waals surface area (Å²) in [5.74, 6) is -0.0696. The summed E-state index contributed by atoms with van der Waals surface area (Å²) in [4.78, 5) is 11.2. The first kappa shape index (κ1) is 11.1. The molecule has 3 heteroatoms. The monoisotopic (exact) mass is 218 g/mol. The summed E-state index contributed by atoms with van der Waals surface area (Å²) in [6.07, 6.45) is 2.31. The van der Waals surface area contributed by atoms with Crippen molar-refractivity contribution in [1.82, 2.24) is 5.32 Å². The zero-order valence-electron chi connectivity index (χ0n) is 9.62. The van der Waals surface area contributed by atoms with Gasteiger partial charge < -0.3 is 11.1 Å². The van der Waals surface area contributed by atoms with Gasteiger partial charge in [-0.15, -0.1) is 0 Å². The molecule has 0 unspecified atom stereocenters. The van der Waals surface area contributed by atoms with E-state index in [9.17, 15) is 4.79 Å². The quantitative estimate of drug-likeness (QED) is 0.795. The number of nitrogens with two attached hydrogens (primary N) is 1. The highest BCUT2D eigenvalue weighted by Crippen LogP contribution is 2.48. The maximum atomic E-state index is 11.2. The lowest BCUT2D eigenvalue weighted by atomic mass is 9.92. The molecule has 1 saturated carbocycles. The van der Waals surface area contributed by atoms with E-state index < -0.39 is 0 Å². The first-order valence-electron chi connectivity index (χ1n) is 5.71. The molecule has 1 aliphatic carbocycles. The number of hydrogen-bond acceptors (Lipinski definition) is 2. The fourth-order valence-electron chi connectivity index (χ4n) is 2.20. The average Bonchev–Trinajstić information content (AvgIpc) is 3.07. The fraction of sp³-hybridized carbons (Fsp3) is 0.462. The molecular formula is C13H18N2O. The molecule has 0 atom stereocenters. The first-order chi connectivity index (χ1) is 7.68. The molecule has 1 fully saturated rings. The van der Waals surface area contributed by atoms with Crippen LogP contribution in [0.5, 0.6) is 0 Å². The topological polar surface area (TPSA) is 55.1 Å². The predicted octanol–water partition coefficient (Wildman–Crippen LogP) is 1.10. The number of aryl methyl sites for hydroxylation is 1. The number of carbonyl (C=O) groups is 1. The molecule has 1 aromatic carbocycles. The zero-order valence-corrected chi connectivity index (χ0v) is 9.62. The van der Waals surface area contributed by atoms with E-state index in [-0.39, 0.29) is 17.9 Å². The Morgan fingerprint density at radius 3 is 2.69 bits per heavy atom. The average molecular weight is 218 g/mol. The summed E-state index contributed by atoms with van der Waals surface area (Å²) < 4.78 is 0. The number of hydrogen-bond donors (Lipinski definition) is 2. The maximum absolute atomic E-state index is 11.2. The third kappa shape index (κ3) is 2.09. The second kappa shape index (κ2) is 4.26. The van der Waals surface area contributed by atoms with Crippen LogP contribution in [0.15, 0.2) is 24.3 Å². The van der Waals surface area contributed by atoms with E-state index in [1.807, 2.05) is 6.07 Å². The van der Waals surface area contributed by atoms with Crippen molar-refractivity contribution in [2.75, 3.05) is 13.1 Å². The summed E-state index contributed by atoms with van der Waals surface area (Å²) in [5.41, 5.74) is 8.13. The minimum Gasteiger partial charge on any atom is -0.354 e. The predicted molar refractivity (Wildman–Crippen MR) is 64.2 cm³/mol. The zero-order chi connectivity index (χ0) is 11.6. The van der Waals surface area contributed by atoms with Crippen LogP contribution in [0.25, 0.3) is 0 Å². The summed E-state index contributed by atoms with van der Waals surface area (Å²) in [5, 5.41) is 2.90. The van der Waals surface area contributed by atoms with E-state index in [4.69, 9.17) is 5.73 Å².